The lowest BCUT2D eigenvalue weighted by Gasteiger charge is -2.18. The Morgan fingerprint density at radius 3 is 2.58 bits per heavy atom. The van der Waals surface area contributed by atoms with Gasteiger partial charge in [0.15, 0.2) is 0 Å². The third-order valence-electron chi connectivity index (χ3n) is 4.43. The molecule has 0 aliphatic heterocycles. The molecule has 0 aliphatic rings. The number of esters is 1. The number of carbonyl (C=O) groups is 2. The number of carbonyl (C=O) groups excluding carboxylic acids is 2. The monoisotopic (exact) mass is 350 g/mol. The lowest BCUT2D eigenvalue weighted by atomic mass is 10.0. The van der Waals surface area contributed by atoms with Crippen molar-refractivity contribution in [1.82, 2.24) is 10.3 Å². The third kappa shape index (κ3) is 4.30. The third-order valence-corrected chi connectivity index (χ3v) is 4.43. The van der Waals surface area contributed by atoms with Crippen molar-refractivity contribution in [2.75, 3.05) is 7.11 Å². The Balaban J connectivity index is 1.65. The van der Waals surface area contributed by atoms with Gasteiger partial charge in [0, 0.05) is 23.5 Å². The quantitative estimate of drug-likeness (QED) is 0.641. The number of aromatic nitrogens is 1. The highest BCUT2D eigenvalue weighted by Gasteiger charge is 2.19. The van der Waals surface area contributed by atoms with Crippen molar-refractivity contribution in [1.29, 1.82) is 0 Å². The summed E-state index contributed by atoms with van der Waals surface area (Å²) in [4.78, 5) is 27.4. The zero-order chi connectivity index (χ0) is 18.4. The summed E-state index contributed by atoms with van der Waals surface area (Å²) in [7, 11) is 1.35. The van der Waals surface area contributed by atoms with Crippen LogP contribution in [0.5, 0.6) is 0 Å². The normalized spacial score (nSPS) is 11.9. The van der Waals surface area contributed by atoms with Gasteiger partial charge in [-0.05, 0) is 23.6 Å². The first-order valence-corrected chi connectivity index (χ1v) is 8.63. The van der Waals surface area contributed by atoms with Crippen LogP contribution in [0.1, 0.15) is 30.0 Å². The van der Waals surface area contributed by atoms with Crippen LogP contribution in [0.15, 0.2) is 60.8 Å². The zero-order valence-electron chi connectivity index (χ0n) is 14.7. The molecule has 1 heterocycles. The van der Waals surface area contributed by atoms with Crippen molar-refractivity contribution in [2.45, 2.75) is 25.3 Å². The van der Waals surface area contributed by atoms with Gasteiger partial charge in [-0.3, -0.25) is 9.59 Å². The number of hydrogen-bond acceptors (Lipinski definition) is 3. The van der Waals surface area contributed by atoms with Crippen LogP contribution in [0.4, 0.5) is 0 Å². The molecule has 5 nitrogen and oxygen atoms in total. The minimum absolute atomic E-state index is 0.0898. The van der Waals surface area contributed by atoms with Crippen LogP contribution in [0.3, 0.4) is 0 Å². The van der Waals surface area contributed by atoms with Gasteiger partial charge in [0.1, 0.15) is 0 Å². The van der Waals surface area contributed by atoms with Crippen LogP contribution in [-0.2, 0) is 20.7 Å². The summed E-state index contributed by atoms with van der Waals surface area (Å²) in [5.41, 5.74) is 3.06. The molecule has 5 heteroatoms. The number of aromatic amines is 1. The number of hydrogen-bond donors (Lipinski definition) is 2. The van der Waals surface area contributed by atoms with Crippen LogP contribution in [0.25, 0.3) is 10.9 Å². The van der Waals surface area contributed by atoms with Gasteiger partial charge in [-0.1, -0.05) is 48.5 Å². The van der Waals surface area contributed by atoms with E-state index in [1.54, 1.807) is 0 Å². The van der Waals surface area contributed by atoms with E-state index in [1.807, 2.05) is 60.8 Å². The van der Waals surface area contributed by atoms with Crippen molar-refractivity contribution in [3.05, 3.63) is 71.9 Å². The molecule has 0 saturated carbocycles. The van der Waals surface area contributed by atoms with Gasteiger partial charge in [-0.25, -0.2) is 0 Å². The summed E-state index contributed by atoms with van der Waals surface area (Å²) in [6.07, 6.45) is 3.04. The van der Waals surface area contributed by atoms with E-state index in [9.17, 15) is 9.59 Å². The molecule has 0 saturated heterocycles. The van der Waals surface area contributed by atoms with Gasteiger partial charge in [0.2, 0.25) is 5.91 Å². The number of benzene rings is 2. The molecule has 2 aromatic carbocycles. The standard InChI is InChI=1S/C21H22N2O3/c1-26-21(25)13-19(15-7-3-2-4-8-15)23-20(24)12-11-16-14-22-18-10-6-5-9-17(16)18/h2-10,14,19,22H,11-13H2,1H3,(H,23,24). The van der Waals surface area contributed by atoms with E-state index in [-0.39, 0.29) is 24.3 Å². The molecule has 1 unspecified atom stereocenters. The van der Waals surface area contributed by atoms with Crippen LogP contribution < -0.4 is 5.32 Å². The molecular weight excluding hydrogens is 328 g/mol. The Morgan fingerprint density at radius 2 is 1.81 bits per heavy atom. The molecule has 1 aromatic heterocycles. The molecular formula is C21H22N2O3. The van der Waals surface area contributed by atoms with Gasteiger partial charge < -0.3 is 15.0 Å². The van der Waals surface area contributed by atoms with E-state index in [2.05, 4.69) is 10.3 Å². The Labute approximate surface area is 152 Å². The molecule has 0 radical (unpaired) electrons. The summed E-state index contributed by atoms with van der Waals surface area (Å²) in [6.45, 7) is 0. The molecule has 3 rings (SSSR count). The molecule has 1 amide bonds. The molecule has 3 aromatic rings. The molecule has 1 atom stereocenters. The highest BCUT2D eigenvalue weighted by atomic mass is 16.5. The zero-order valence-corrected chi connectivity index (χ0v) is 14.7. The fourth-order valence-electron chi connectivity index (χ4n) is 3.04. The Morgan fingerprint density at radius 1 is 1.08 bits per heavy atom. The largest absolute Gasteiger partial charge is 0.469 e. The summed E-state index contributed by atoms with van der Waals surface area (Å²) in [6, 6.07) is 17.1. The van der Waals surface area contributed by atoms with Crippen molar-refractivity contribution in [3.8, 4) is 0 Å². The number of nitrogens with one attached hydrogen (secondary N) is 2. The molecule has 0 spiro atoms. The second-order valence-electron chi connectivity index (χ2n) is 6.17. The SMILES string of the molecule is COC(=O)CC(NC(=O)CCc1c[nH]c2ccccc12)c1ccccc1. The second kappa shape index (κ2) is 8.34. The number of rotatable bonds is 7. The topological polar surface area (TPSA) is 71.2 Å². The fraction of sp³-hybridized carbons (Fsp3) is 0.238. The predicted octanol–water partition coefficient (Wildman–Crippen LogP) is 3.52. The molecule has 2 N–H and O–H groups in total. The molecule has 0 fully saturated rings. The number of fused-ring (bicyclic) bond motifs is 1. The van der Waals surface area contributed by atoms with Gasteiger partial charge in [-0.15, -0.1) is 0 Å². The maximum atomic E-state index is 12.5. The highest BCUT2D eigenvalue weighted by molar-refractivity contribution is 5.84. The Hall–Kier alpha value is -3.08. The van der Waals surface area contributed by atoms with Crippen LogP contribution in [0, 0.1) is 0 Å². The summed E-state index contributed by atoms with van der Waals surface area (Å²) >= 11 is 0. The molecule has 134 valence electrons. The molecule has 0 aliphatic carbocycles. The number of methoxy groups -OCH3 is 1. The van der Waals surface area contributed by atoms with Crippen LogP contribution in [0.2, 0.25) is 0 Å². The number of amides is 1. The number of ether oxygens (including phenoxy) is 1. The first-order valence-electron chi connectivity index (χ1n) is 8.63. The smallest absolute Gasteiger partial charge is 0.307 e. The van der Waals surface area contributed by atoms with E-state index < -0.39 is 0 Å². The second-order valence-corrected chi connectivity index (χ2v) is 6.17. The first-order chi connectivity index (χ1) is 12.7. The van der Waals surface area contributed by atoms with Gasteiger partial charge in [0.05, 0.1) is 19.6 Å². The maximum Gasteiger partial charge on any atom is 0.307 e. The van der Waals surface area contributed by atoms with Gasteiger partial charge >= 0.3 is 5.97 Å². The minimum Gasteiger partial charge on any atom is -0.469 e. The van der Waals surface area contributed by atoms with E-state index in [0.717, 1.165) is 22.0 Å². The summed E-state index contributed by atoms with van der Waals surface area (Å²) in [5.74, 6) is -0.441. The van der Waals surface area contributed by atoms with E-state index in [1.165, 1.54) is 7.11 Å². The minimum atomic E-state index is -0.390. The van der Waals surface area contributed by atoms with Crippen LogP contribution >= 0.6 is 0 Å². The van der Waals surface area contributed by atoms with Gasteiger partial charge in [-0.2, -0.15) is 0 Å². The fourth-order valence-corrected chi connectivity index (χ4v) is 3.04. The Bertz CT molecular complexity index is 886. The van der Waals surface area contributed by atoms with E-state index in [4.69, 9.17) is 4.74 Å². The maximum absolute atomic E-state index is 12.5. The average Bonchev–Trinajstić information content (AvgIpc) is 3.09. The summed E-state index contributed by atoms with van der Waals surface area (Å²) in [5, 5.41) is 4.09. The average molecular weight is 350 g/mol. The van der Waals surface area contributed by atoms with Crippen LogP contribution in [-0.4, -0.2) is 24.0 Å². The number of aryl methyl sites for hydroxylation is 1. The summed E-state index contributed by atoms with van der Waals surface area (Å²) < 4.78 is 4.76. The van der Waals surface area contributed by atoms with Gasteiger partial charge in [0.25, 0.3) is 0 Å². The molecule has 26 heavy (non-hydrogen) atoms. The van der Waals surface area contributed by atoms with E-state index >= 15 is 0 Å². The van der Waals surface area contributed by atoms with Crippen molar-refractivity contribution >= 4 is 22.8 Å². The van der Waals surface area contributed by atoms with Crippen molar-refractivity contribution < 1.29 is 14.3 Å². The van der Waals surface area contributed by atoms with Crippen molar-refractivity contribution in [3.63, 3.8) is 0 Å². The Kier molecular flexibility index (Phi) is 5.69. The highest BCUT2D eigenvalue weighted by Crippen LogP contribution is 2.20. The first kappa shape index (κ1) is 17.7. The molecule has 0 bridgehead atoms. The lowest BCUT2D eigenvalue weighted by molar-refractivity contribution is -0.141. The van der Waals surface area contributed by atoms with Crippen molar-refractivity contribution in [2.24, 2.45) is 0 Å². The number of H-pyrrole nitrogens is 1. The predicted molar refractivity (Wildman–Crippen MR) is 101 cm³/mol. The number of para-hydroxylation sites is 1. The lowest BCUT2D eigenvalue weighted by Crippen LogP contribution is -2.30. The van der Waals surface area contributed by atoms with E-state index in [0.29, 0.717) is 12.8 Å².